The van der Waals surface area contributed by atoms with Gasteiger partial charge in [-0.05, 0) is 32.3 Å². The summed E-state index contributed by atoms with van der Waals surface area (Å²) in [4.78, 5) is 2.61. The summed E-state index contributed by atoms with van der Waals surface area (Å²) in [6.45, 7) is 12.3. The molecule has 1 heterocycles. The summed E-state index contributed by atoms with van der Waals surface area (Å²) in [6, 6.07) is 0. The van der Waals surface area contributed by atoms with Crippen LogP contribution in [0.25, 0.3) is 0 Å². The van der Waals surface area contributed by atoms with E-state index in [4.69, 9.17) is 18.0 Å². The summed E-state index contributed by atoms with van der Waals surface area (Å²) in [5, 5.41) is 8.54. The summed E-state index contributed by atoms with van der Waals surface area (Å²) in [5.41, 5.74) is 8.65. The fraction of sp³-hybridized carbons (Fsp3) is 0.643. The van der Waals surface area contributed by atoms with Crippen LogP contribution in [-0.4, -0.2) is 28.3 Å². The van der Waals surface area contributed by atoms with Crippen LogP contribution >= 0.6 is 12.2 Å². The van der Waals surface area contributed by atoms with Gasteiger partial charge in [0.15, 0.2) is 5.82 Å². The molecule has 0 fully saturated rings. The summed E-state index contributed by atoms with van der Waals surface area (Å²) < 4.78 is 0. The van der Waals surface area contributed by atoms with E-state index in [-0.39, 0.29) is 0 Å². The SMILES string of the molecule is CCC(C)CN(CC)c1nnc(C)c(C)c1C(N)=S. The monoisotopic (exact) mass is 280 g/mol. The van der Waals surface area contributed by atoms with E-state index in [0.717, 1.165) is 42.1 Å². The molecule has 0 saturated carbocycles. The molecule has 5 heteroatoms. The van der Waals surface area contributed by atoms with E-state index in [2.05, 4.69) is 35.9 Å². The van der Waals surface area contributed by atoms with Crippen molar-refractivity contribution < 1.29 is 0 Å². The molecule has 1 aromatic rings. The van der Waals surface area contributed by atoms with Crippen LogP contribution in [0.4, 0.5) is 5.82 Å². The smallest absolute Gasteiger partial charge is 0.161 e. The predicted octanol–water partition coefficient (Wildman–Crippen LogP) is 2.60. The van der Waals surface area contributed by atoms with Gasteiger partial charge < -0.3 is 10.6 Å². The molecular formula is C14H24N4S. The number of thiocarbonyl (C=S) groups is 1. The van der Waals surface area contributed by atoms with Gasteiger partial charge in [-0.3, -0.25) is 0 Å². The van der Waals surface area contributed by atoms with Crippen molar-refractivity contribution in [3.8, 4) is 0 Å². The minimum Gasteiger partial charge on any atom is -0.389 e. The van der Waals surface area contributed by atoms with Crippen molar-refractivity contribution in [3.63, 3.8) is 0 Å². The second-order valence-electron chi connectivity index (χ2n) is 5.03. The van der Waals surface area contributed by atoms with Gasteiger partial charge in [0.25, 0.3) is 0 Å². The quantitative estimate of drug-likeness (QED) is 0.812. The van der Waals surface area contributed by atoms with Gasteiger partial charge in [-0.15, -0.1) is 5.10 Å². The highest BCUT2D eigenvalue weighted by Crippen LogP contribution is 2.23. The summed E-state index contributed by atoms with van der Waals surface area (Å²) in [5.74, 6) is 1.42. The molecule has 0 bridgehead atoms. The van der Waals surface area contributed by atoms with Crippen LogP contribution in [0.1, 0.15) is 44.0 Å². The van der Waals surface area contributed by atoms with E-state index in [1.165, 1.54) is 0 Å². The lowest BCUT2D eigenvalue weighted by Crippen LogP contribution is -2.32. The first-order valence-electron chi connectivity index (χ1n) is 6.80. The van der Waals surface area contributed by atoms with Gasteiger partial charge in [-0.2, -0.15) is 5.10 Å². The third kappa shape index (κ3) is 3.62. The molecule has 0 aromatic carbocycles. The van der Waals surface area contributed by atoms with E-state index in [1.807, 2.05) is 13.8 Å². The Morgan fingerprint density at radius 2 is 1.95 bits per heavy atom. The first-order valence-corrected chi connectivity index (χ1v) is 7.21. The fourth-order valence-electron chi connectivity index (χ4n) is 1.98. The van der Waals surface area contributed by atoms with Crippen molar-refractivity contribution in [1.29, 1.82) is 0 Å². The third-order valence-corrected chi connectivity index (χ3v) is 3.80. The average molecular weight is 280 g/mol. The Morgan fingerprint density at radius 1 is 1.32 bits per heavy atom. The highest BCUT2D eigenvalue weighted by molar-refractivity contribution is 7.80. The maximum atomic E-state index is 5.88. The lowest BCUT2D eigenvalue weighted by Gasteiger charge is -2.27. The highest BCUT2D eigenvalue weighted by atomic mass is 32.1. The van der Waals surface area contributed by atoms with Crippen LogP contribution in [0.15, 0.2) is 0 Å². The van der Waals surface area contributed by atoms with Crippen LogP contribution < -0.4 is 10.6 Å². The van der Waals surface area contributed by atoms with Crippen LogP contribution in [0, 0.1) is 19.8 Å². The minimum atomic E-state index is 0.396. The van der Waals surface area contributed by atoms with Gasteiger partial charge >= 0.3 is 0 Å². The van der Waals surface area contributed by atoms with Gasteiger partial charge in [0.05, 0.1) is 11.3 Å². The van der Waals surface area contributed by atoms with Crippen LogP contribution in [0.2, 0.25) is 0 Å². The molecule has 0 amide bonds. The largest absolute Gasteiger partial charge is 0.389 e. The summed E-state index contributed by atoms with van der Waals surface area (Å²) in [7, 11) is 0. The number of aryl methyl sites for hydroxylation is 1. The molecular weight excluding hydrogens is 256 g/mol. The van der Waals surface area contributed by atoms with Crippen molar-refractivity contribution in [3.05, 3.63) is 16.8 Å². The van der Waals surface area contributed by atoms with Gasteiger partial charge in [0, 0.05) is 13.1 Å². The Hall–Kier alpha value is -1.23. The maximum absolute atomic E-state index is 5.88. The highest BCUT2D eigenvalue weighted by Gasteiger charge is 2.19. The number of rotatable bonds is 6. The van der Waals surface area contributed by atoms with Gasteiger partial charge in [-0.25, -0.2) is 0 Å². The van der Waals surface area contributed by atoms with Crippen LogP contribution in [0.5, 0.6) is 0 Å². The molecule has 4 nitrogen and oxygen atoms in total. The molecule has 106 valence electrons. The number of hydrogen-bond donors (Lipinski definition) is 1. The zero-order chi connectivity index (χ0) is 14.6. The topological polar surface area (TPSA) is 55.0 Å². The van der Waals surface area contributed by atoms with Crippen molar-refractivity contribution in [2.45, 2.75) is 41.0 Å². The number of nitrogens with zero attached hydrogens (tertiary/aromatic N) is 3. The maximum Gasteiger partial charge on any atom is 0.161 e. The standard InChI is InChI=1S/C14H24N4S/c1-6-9(3)8-18(7-2)14-12(13(15)19)10(4)11(5)16-17-14/h9H,6-8H2,1-5H3,(H2,15,19). The predicted molar refractivity (Wildman–Crippen MR) is 84.7 cm³/mol. The van der Waals surface area contributed by atoms with Crippen molar-refractivity contribution in [1.82, 2.24) is 10.2 Å². The van der Waals surface area contributed by atoms with Crippen LogP contribution in [0.3, 0.4) is 0 Å². The number of anilines is 1. The molecule has 0 spiro atoms. The molecule has 1 aromatic heterocycles. The summed E-state index contributed by atoms with van der Waals surface area (Å²) in [6.07, 6.45) is 1.14. The molecule has 0 aliphatic carbocycles. The number of nitrogens with two attached hydrogens (primary N) is 1. The fourth-order valence-corrected chi connectivity index (χ4v) is 2.23. The first-order chi connectivity index (χ1) is 8.92. The lowest BCUT2D eigenvalue weighted by atomic mass is 10.1. The average Bonchev–Trinajstić information content (AvgIpc) is 2.38. The molecule has 0 aliphatic heterocycles. The van der Waals surface area contributed by atoms with Gasteiger partial charge in [-0.1, -0.05) is 32.5 Å². The van der Waals surface area contributed by atoms with E-state index in [0.29, 0.717) is 10.9 Å². The molecule has 0 saturated heterocycles. The molecule has 0 radical (unpaired) electrons. The van der Waals surface area contributed by atoms with E-state index in [9.17, 15) is 0 Å². The number of aromatic nitrogens is 2. The molecule has 1 rings (SSSR count). The second kappa shape index (κ2) is 6.80. The number of hydrogen-bond acceptors (Lipinski definition) is 4. The Labute approximate surface area is 121 Å². The molecule has 2 N–H and O–H groups in total. The third-order valence-electron chi connectivity index (χ3n) is 3.59. The van der Waals surface area contributed by atoms with Crippen molar-refractivity contribution in [2.24, 2.45) is 11.7 Å². The summed E-state index contributed by atoms with van der Waals surface area (Å²) >= 11 is 5.19. The molecule has 19 heavy (non-hydrogen) atoms. The zero-order valence-corrected chi connectivity index (χ0v) is 13.3. The van der Waals surface area contributed by atoms with Crippen LogP contribution in [-0.2, 0) is 0 Å². The van der Waals surface area contributed by atoms with Crippen molar-refractivity contribution >= 4 is 23.0 Å². The van der Waals surface area contributed by atoms with E-state index < -0.39 is 0 Å². The zero-order valence-electron chi connectivity index (χ0n) is 12.5. The van der Waals surface area contributed by atoms with E-state index in [1.54, 1.807) is 0 Å². The normalized spacial score (nSPS) is 12.3. The molecule has 1 atom stereocenters. The molecule has 1 unspecified atom stereocenters. The van der Waals surface area contributed by atoms with Crippen molar-refractivity contribution in [2.75, 3.05) is 18.0 Å². The van der Waals surface area contributed by atoms with Gasteiger partial charge in [0.1, 0.15) is 4.99 Å². The minimum absolute atomic E-state index is 0.396. The molecule has 0 aliphatic rings. The Bertz CT molecular complexity index is 459. The first kappa shape index (κ1) is 15.8. The second-order valence-corrected chi connectivity index (χ2v) is 5.47. The van der Waals surface area contributed by atoms with E-state index >= 15 is 0 Å². The Morgan fingerprint density at radius 3 is 2.42 bits per heavy atom. The Balaban J connectivity index is 3.24. The lowest BCUT2D eigenvalue weighted by molar-refractivity contribution is 0.544. The Kier molecular flexibility index (Phi) is 5.66. The van der Waals surface area contributed by atoms with Gasteiger partial charge in [0.2, 0.25) is 0 Å².